The van der Waals surface area contributed by atoms with Crippen LogP contribution in [0.3, 0.4) is 0 Å². The third-order valence-electron chi connectivity index (χ3n) is 6.31. The average molecular weight is 544 g/mol. The number of carbonyl (C=O) groups excluding carboxylic acids is 1. The number of benzene rings is 2. The van der Waals surface area contributed by atoms with E-state index < -0.39 is 16.9 Å². The normalized spacial score (nSPS) is 14.5. The van der Waals surface area contributed by atoms with E-state index in [2.05, 4.69) is 17.0 Å². The molecule has 1 heterocycles. The van der Waals surface area contributed by atoms with Crippen molar-refractivity contribution < 1.29 is 13.7 Å². The molecule has 1 fully saturated rings. The van der Waals surface area contributed by atoms with Crippen molar-refractivity contribution in [1.82, 2.24) is 14.1 Å². The first-order valence-electron chi connectivity index (χ1n) is 12.3. The minimum Gasteiger partial charge on any atom is -0.497 e. The van der Waals surface area contributed by atoms with Gasteiger partial charge in [0, 0.05) is 27.2 Å². The highest BCUT2D eigenvalue weighted by molar-refractivity contribution is 8.27. The lowest BCUT2D eigenvalue weighted by Gasteiger charge is -2.20. The minimum atomic E-state index is -1.49. The number of aryl methyl sites for hydroxylation is 2. The van der Waals surface area contributed by atoms with Crippen molar-refractivity contribution in [1.29, 1.82) is 10.8 Å². The Hall–Kier alpha value is -2.53. The van der Waals surface area contributed by atoms with Crippen LogP contribution in [-0.2, 0) is 28.9 Å². The molecular formula is C27H37N5O3S2. The number of rotatable bonds is 9. The number of carbonyl (C=O) groups is 1. The fourth-order valence-corrected chi connectivity index (χ4v) is 6.44. The van der Waals surface area contributed by atoms with Gasteiger partial charge in [0.2, 0.25) is 0 Å². The molecule has 0 aliphatic carbocycles. The predicted octanol–water partition coefficient (Wildman–Crippen LogP) is 4.21. The molecule has 2 aromatic rings. The number of nitrogens with one attached hydrogen (secondary N) is 2. The van der Waals surface area contributed by atoms with Crippen molar-refractivity contribution in [3.63, 3.8) is 0 Å². The van der Waals surface area contributed by atoms with Gasteiger partial charge in [-0.15, -0.1) is 0 Å². The molecule has 1 aliphatic heterocycles. The molecule has 8 nitrogen and oxygen atoms in total. The van der Waals surface area contributed by atoms with Gasteiger partial charge in [0.25, 0.3) is 5.91 Å². The monoisotopic (exact) mass is 543 g/mol. The molecule has 0 radical (unpaired) electrons. The summed E-state index contributed by atoms with van der Waals surface area (Å²) in [5.74, 6) is 0.261. The molecular weight excluding hydrogens is 506 g/mol. The largest absolute Gasteiger partial charge is 0.497 e. The molecule has 1 atom stereocenters. The second-order valence-electron chi connectivity index (χ2n) is 9.44. The fraction of sp³-hybridized carbons (Fsp3) is 0.444. The Balaban J connectivity index is 1.50. The third kappa shape index (κ3) is 7.98. The molecule has 200 valence electrons. The molecule has 0 spiro atoms. The van der Waals surface area contributed by atoms with Gasteiger partial charge in [-0.05, 0) is 85.9 Å². The van der Waals surface area contributed by atoms with Crippen LogP contribution in [0.1, 0.15) is 35.1 Å². The number of thioether (sulfide) groups is 1. The van der Waals surface area contributed by atoms with Crippen LogP contribution in [0.5, 0.6) is 5.75 Å². The zero-order valence-corrected chi connectivity index (χ0v) is 23.9. The van der Waals surface area contributed by atoms with Crippen LogP contribution in [-0.4, -0.2) is 75.1 Å². The minimum absolute atomic E-state index is 0.0556. The van der Waals surface area contributed by atoms with Crippen LogP contribution in [0.4, 0.5) is 0 Å². The Kier molecular flexibility index (Phi) is 10.5. The maximum Gasteiger partial charge on any atom is 0.278 e. The third-order valence-corrected chi connectivity index (χ3v) is 8.75. The molecule has 1 unspecified atom stereocenters. The number of amides is 1. The van der Waals surface area contributed by atoms with E-state index in [1.54, 1.807) is 25.5 Å². The van der Waals surface area contributed by atoms with Crippen LogP contribution < -0.4 is 4.74 Å². The van der Waals surface area contributed by atoms with Crippen LogP contribution >= 0.6 is 11.8 Å². The van der Waals surface area contributed by atoms with E-state index in [-0.39, 0.29) is 16.6 Å². The van der Waals surface area contributed by atoms with Crippen LogP contribution in [0.2, 0.25) is 0 Å². The van der Waals surface area contributed by atoms with Crippen molar-refractivity contribution in [3.8, 4) is 5.75 Å². The number of hydrogen-bond donors (Lipinski definition) is 2. The Morgan fingerprint density at radius 1 is 1.05 bits per heavy atom. The van der Waals surface area contributed by atoms with E-state index >= 15 is 0 Å². The van der Waals surface area contributed by atoms with Crippen molar-refractivity contribution in [2.45, 2.75) is 44.7 Å². The smallest absolute Gasteiger partial charge is 0.278 e. The molecule has 0 saturated carbocycles. The highest BCUT2D eigenvalue weighted by Gasteiger charge is 2.22. The van der Waals surface area contributed by atoms with Crippen LogP contribution in [0.25, 0.3) is 0 Å². The summed E-state index contributed by atoms with van der Waals surface area (Å²) < 4.78 is 20.0. The number of hydrogen-bond acceptors (Lipinski definition) is 7. The number of nitrogens with zero attached hydrogens (tertiary/aromatic N) is 3. The van der Waals surface area contributed by atoms with Gasteiger partial charge in [-0.1, -0.05) is 24.3 Å². The summed E-state index contributed by atoms with van der Waals surface area (Å²) in [5, 5.41) is 16.4. The van der Waals surface area contributed by atoms with Crippen LogP contribution in [0.15, 0.2) is 41.3 Å². The Morgan fingerprint density at radius 2 is 1.62 bits per heavy atom. The second-order valence-corrected chi connectivity index (χ2v) is 12.1. The summed E-state index contributed by atoms with van der Waals surface area (Å²) in [5.41, 5.74) is 3.94. The van der Waals surface area contributed by atoms with Crippen LogP contribution in [0, 0.1) is 24.7 Å². The van der Waals surface area contributed by atoms with Gasteiger partial charge < -0.3 is 9.64 Å². The summed E-state index contributed by atoms with van der Waals surface area (Å²) in [7, 11) is 3.43. The van der Waals surface area contributed by atoms with E-state index in [0.717, 1.165) is 48.1 Å². The van der Waals surface area contributed by atoms with E-state index in [9.17, 15) is 9.00 Å². The standard InChI is InChI=1S/C27H37N5O3S2/c1-19-14-23(35-5)15-20(2)25(19)37(34)31(4)18-24(28)36-26(29)27(33)30(3)16-21-8-10-22(11-9-21)17-32-12-6-7-13-32/h8-11,14-15,28-29H,6-7,12-13,16-18H2,1-5H3. The Labute approximate surface area is 227 Å². The fourth-order valence-electron chi connectivity index (χ4n) is 4.39. The van der Waals surface area contributed by atoms with E-state index in [4.69, 9.17) is 15.6 Å². The Bertz CT molecular complexity index is 1140. The van der Waals surface area contributed by atoms with E-state index in [1.807, 2.05) is 38.1 Å². The average Bonchev–Trinajstić information content (AvgIpc) is 3.36. The topological polar surface area (TPSA) is 101 Å². The summed E-state index contributed by atoms with van der Waals surface area (Å²) in [6.07, 6.45) is 2.53. The molecule has 37 heavy (non-hydrogen) atoms. The second kappa shape index (κ2) is 13.3. The molecule has 0 bridgehead atoms. The van der Waals surface area contributed by atoms with Gasteiger partial charge in [-0.25, -0.2) is 8.51 Å². The van der Waals surface area contributed by atoms with Gasteiger partial charge in [-0.2, -0.15) is 0 Å². The molecule has 2 aromatic carbocycles. The number of methoxy groups -OCH3 is 1. The van der Waals surface area contributed by atoms with Gasteiger partial charge in [0.1, 0.15) is 16.7 Å². The first-order valence-corrected chi connectivity index (χ1v) is 14.2. The van der Waals surface area contributed by atoms with Gasteiger partial charge >= 0.3 is 0 Å². The van der Waals surface area contributed by atoms with E-state index in [1.165, 1.54) is 23.3 Å². The maximum atomic E-state index is 13.1. The summed E-state index contributed by atoms with van der Waals surface area (Å²) in [6.45, 7) is 7.46. The van der Waals surface area contributed by atoms with Crippen molar-refractivity contribution >= 4 is 38.7 Å². The molecule has 1 saturated heterocycles. The maximum absolute atomic E-state index is 13.1. The number of ether oxygens (including phenoxy) is 1. The van der Waals surface area contributed by atoms with Gasteiger partial charge in [0.05, 0.1) is 23.6 Å². The zero-order valence-electron chi connectivity index (χ0n) is 22.3. The Morgan fingerprint density at radius 3 is 2.19 bits per heavy atom. The lowest BCUT2D eigenvalue weighted by molar-refractivity contribution is -0.123. The summed E-state index contributed by atoms with van der Waals surface area (Å²) >= 11 is 0.796. The number of likely N-dealkylation sites (tertiary alicyclic amines) is 1. The summed E-state index contributed by atoms with van der Waals surface area (Å²) in [4.78, 5) is 17.4. The quantitative estimate of drug-likeness (QED) is 0.365. The zero-order chi connectivity index (χ0) is 27.1. The lowest BCUT2D eigenvalue weighted by Crippen LogP contribution is -2.33. The molecule has 3 rings (SSSR count). The molecule has 2 N–H and O–H groups in total. The van der Waals surface area contributed by atoms with Gasteiger partial charge in [0.15, 0.2) is 5.04 Å². The highest BCUT2D eigenvalue weighted by Crippen LogP contribution is 2.26. The molecule has 0 aromatic heterocycles. The highest BCUT2D eigenvalue weighted by atomic mass is 32.2. The van der Waals surface area contributed by atoms with Crippen molar-refractivity contribution in [3.05, 3.63) is 58.7 Å². The summed E-state index contributed by atoms with van der Waals surface area (Å²) in [6, 6.07) is 11.9. The van der Waals surface area contributed by atoms with E-state index in [0.29, 0.717) is 17.2 Å². The van der Waals surface area contributed by atoms with Gasteiger partial charge in [-0.3, -0.25) is 20.5 Å². The predicted molar refractivity (Wildman–Crippen MR) is 152 cm³/mol. The van der Waals surface area contributed by atoms with Crippen molar-refractivity contribution in [2.24, 2.45) is 0 Å². The SMILES string of the molecule is COc1cc(C)c(S(=O)N(C)CC(=N)SC(=N)C(=O)N(C)Cc2ccc(CN3CCCC3)cc2)c(C)c1. The molecule has 1 amide bonds. The lowest BCUT2D eigenvalue weighted by atomic mass is 10.1. The first kappa shape index (κ1) is 29.0. The molecule has 10 heteroatoms. The molecule has 1 aliphatic rings. The first-order chi connectivity index (χ1) is 17.6. The van der Waals surface area contributed by atoms with Crippen molar-refractivity contribution in [2.75, 3.05) is 40.8 Å².